The van der Waals surface area contributed by atoms with Crippen LogP contribution in [0.2, 0.25) is 0 Å². The highest BCUT2D eigenvalue weighted by molar-refractivity contribution is 9.10. The average Bonchev–Trinajstić information content (AvgIpc) is 2.86. The van der Waals surface area contributed by atoms with Crippen LogP contribution in [-0.4, -0.2) is 34.4 Å². The van der Waals surface area contributed by atoms with Crippen LogP contribution in [0.4, 0.5) is 0 Å². The van der Waals surface area contributed by atoms with Crippen molar-refractivity contribution in [1.82, 2.24) is 9.97 Å². The number of carboxylic acid groups (broad SMARTS) is 1. The minimum absolute atomic E-state index is 0.147. The number of halogens is 1. The second-order valence-electron chi connectivity index (χ2n) is 6.75. The lowest BCUT2D eigenvalue weighted by Crippen LogP contribution is -1.97. The van der Waals surface area contributed by atoms with Gasteiger partial charge in [-0.2, -0.15) is 0 Å². The van der Waals surface area contributed by atoms with Gasteiger partial charge in [-0.25, -0.2) is 9.97 Å². The van der Waals surface area contributed by atoms with Crippen LogP contribution < -0.4 is 5.73 Å². The van der Waals surface area contributed by atoms with Crippen LogP contribution in [-0.2, 0) is 11.2 Å². The molecule has 0 fully saturated rings. The molecule has 1 heterocycles. The van der Waals surface area contributed by atoms with Gasteiger partial charge in [-0.15, -0.1) is 0 Å². The lowest BCUT2D eigenvalue weighted by atomic mass is 10.0. The van der Waals surface area contributed by atoms with E-state index in [0.29, 0.717) is 18.2 Å². The molecule has 0 atom stereocenters. The maximum absolute atomic E-state index is 10.5. The van der Waals surface area contributed by atoms with E-state index in [1.54, 1.807) is 12.4 Å². The Labute approximate surface area is 205 Å². The van der Waals surface area contributed by atoms with Gasteiger partial charge in [0.25, 0.3) is 0 Å². The summed E-state index contributed by atoms with van der Waals surface area (Å²) >= 11 is 3.28. The molecule has 178 valence electrons. The van der Waals surface area contributed by atoms with Crippen molar-refractivity contribution >= 4 is 28.2 Å². The van der Waals surface area contributed by atoms with Gasteiger partial charge >= 0.3 is 5.97 Å². The van der Waals surface area contributed by atoms with Gasteiger partial charge in [0.05, 0.1) is 4.47 Å². The predicted octanol–water partition coefficient (Wildman–Crippen LogP) is 6.15. The first-order chi connectivity index (χ1) is 15.9. The number of aliphatic carboxylic acids is 1. The number of hydrogen-bond donors (Lipinski definition) is 2. The number of nitrogens with zero attached hydrogens (tertiary/aromatic N) is 2. The first-order valence-electron chi connectivity index (χ1n) is 10.8. The van der Waals surface area contributed by atoms with Crippen molar-refractivity contribution in [2.24, 2.45) is 5.73 Å². The molecule has 3 rings (SSSR count). The molecule has 0 aliphatic rings. The van der Waals surface area contributed by atoms with E-state index in [4.69, 9.17) is 5.11 Å². The number of aldehydes is 1. The third-order valence-corrected chi connectivity index (χ3v) is 4.61. The van der Waals surface area contributed by atoms with Crippen LogP contribution in [0.5, 0.6) is 0 Å². The molecule has 0 amide bonds. The van der Waals surface area contributed by atoms with Crippen molar-refractivity contribution in [3.05, 3.63) is 82.1 Å². The molecule has 3 N–H and O–H groups in total. The molecule has 0 saturated heterocycles. The Balaban J connectivity index is 0.000000586. The van der Waals surface area contributed by atoms with Gasteiger partial charge in [0.15, 0.2) is 5.82 Å². The number of benzene rings is 2. The molecule has 2 aromatic carbocycles. The summed E-state index contributed by atoms with van der Waals surface area (Å²) in [7, 11) is 1.50. The third kappa shape index (κ3) is 12.1. The summed E-state index contributed by atoms with van der Waals surface area (Å²) in [6, 6.07) is 15.3. The fourth-order valence-electron chi connectivity index (χ4n) is 2.49. The van der Waals surface area contributed by atoms with Crippen LogP contribution in [0, 0.1) is 0 Å². The molecule has 0 saturated carbocycles. The van der Waals surface area contributed by atoms with Crippen molar-refractivity contribution in [2.45, 2.75) is 46.5 Å². The summed E-state index contributed by atoms with van der Waals surface area (Å²) in [5.41, 5.74) is 8.44. The van der Waals surface area contributed by atoms with Gasteiger partial charge in [-0.3, -0.25) is 9.59 Å². The first-order valence-corrected chi connectivity index (χ1v) is 11.6. The minimum atomic E-state index is -0.782. The molecular weight excluding hydrogens is 482 g/mol. The molecule has 0 radical (unpaired) electrons. The molecule has 6 nitrogen and oxygen atoms in total. The largest absolute Gasteiger partial charge is 0.481 e. The molecule has 7 heteroatoms. The Morgan fingerprint density at radius 2 is 1.52 bits per heavy atom. The number of carboxylic acids is 1. The van der Waals surface area contributed by atoms with Crippen molar-refractivity contribution in [2.75, 3.05) is 7.05 Å². The summed E-state index contributed by atoms with van der Waals surface area (Å²) in [5, 5.41) is 8.61. The van der Waals surface area contributed by atoms with Crippen LogP contribution in [0.15, 0.2) is 65.4 Å². The molecule has 0 aliphatic carbocycles. The molecule has 3 aromatic rings. The van der Waals surface area contributed by atoms with Crippen LogP contribution in [0.25, 0.3) is 11.4 Å². The standard InChI is InChI=1S/C13H11BrN2O2.C10H12O.C2H6.CH5N/c14-11-7-15-13(16-8-11)10-4-1-9(2-5-10)3-6-12(17)18;1-8(2)10-5-3-9(7-11)4-6-10;2*1-2/h1-2,4-5,7-8H,3,6H2,(H,17,18);3-8H,1-2H3;1-2H3;2H2,1H3. The van der Waals surface area contributed by atoms with Crippen LogP contribution >= 0.6 is 15.9 Å². The maximum atomic E-state index is 10.5. The number of carbonyl (C=O) groups excluding carboxylic acids is 1. The van der Waals surface area contributed by atoms with Crippen LogP contribution in [0.1, 0.15) is 61.5 Å². The molecule has 0 spiro atoms. The van der Waals surface area contributed by atoms with Crippen molar-refractivity contribution in [1.29, 1.82) is 0 Å². The van der Waals surface area contributed by atoms with Crippen molar-refractivity contribution < 1.29 is 14.7 Å². The molecule has 0 bridgehead atoms. The number of hydrogen-bond acceptors (Lipinski definition) is 5. The van der Waals surface area contributed by atoms with Gasteiger partial charge < -0.3 is 10.8 Å². The SMILES string of the molecule is CC.CC(C)c1ccc(C=O)cc1.CN.O=C(O)CCc1ccc(-c2ncc(Br)cn2)cc1. The smallest absolute Gasteiger partial charge is 0.303 e. The minimum Gasteiger partial charge on any atom is -0.481 e. The van der Waals surface area contributed by atoms with Gasteiger partial charge in [-0.1, -0.05) is 76.2 Å². The van der Waals surface area contributed by atoms with E-state index >= 15 is 0 Å². The Bertz CT molecular complexity index is 927. The predicted molar refractivity (Wildman–Crippen MR) is 139 cm³/mol. The zero-order valence-corrected chi connectivity index (χ0v) is 21.5. The number of carbonyl (C=O) groups is 2. The zero-order valence-electron chi connectivity index (χ0n) is 20.0. The van der Waals surface area contributed by atoms with Crippen molar-refractivity contribution in [3.63, 3.8) is 0 Å². The lowest BCUT2D eigenvalue weighted by molar-refractivity contribution is -0.136. The maximum Gasteiger partial charge on any atom is 0.303 e. The summed E-state index contributed by atoms with van der Waals surface area (Å²) in [5.74, 6) is 0.411. The summed E-state index contributed by atoms with van der Waals surface area (Å²) in [4.78, 5) is 29.2. The second-order valence-corrected chi connectivity index (χ2v) is 7.67. The van der Waals surface area contributed by atoms with Gasteiger partial charge in [-0.05, 0) is 46.4 Å². The van der Waals surface area contributed by atoms with E-state index in [-0.39, 0.29) is 6.42 Å². The zero-order chi connectivity index (χ0) is 25.2. The Hall–Kier alpha value is -2.90. The average molecular weight is 516 g/mol. The highest BCUT2D eigenvalue weighted by atomic mass is 79.9. The molecule has 1 aromatic heterocycles. The van der Waals surface area contributed by atoms with E-state index in [1.807, 2.05) is 62.4 Å². The monoisotopic (exact) mass is 515 g/mol. The van der Waals surface area contributed by atoms with Crippen molar-refractivity contribution in [3.8, 4) is 11.4 Å². The molecule has 33 heavy (non-hydrogen) atoms. The quantitative estimate of drug-likeness (QED) is 0.381. The van der Waals surface area contributed by atoms with E-state index in [1.165, 1.54) is 12.6 Å². The van der Waals surface area contributed by atoms with Crippen LogP contribution in [0.3, 0.4) is 0 Å². The highest BCUT2D eigenvalue weighted by Gasteiger charge is 2.03. The van der Waals surface area contributed by atoms with E-state index in [0.717, 1.165) is 27.4 Å². The van der Waals surface area contributed by atoms with Gasteiger partial charge in [0.2, 0.25) is 0 Å². The Morgan fingerprint density at radius 3 is 1.94 bits per heavy atom. The molecular formula is C26H34BrN3O3. The number of aromatic nitrogens is 2. The lowest BCUT2D eigenvalue weighted by Gasteiger charge is -2.03. The molecule has 0 unspecified atom stereocenters. The molecule has 0 aliphatic heterocycles. The first kappa shape index (κ1) is 30.1. The Morgan fingerprint density at radius 1 is 1.00 bits per heavy atom. The fourth-order valence-corrected chi connectivity index (χ4v) is 2.70. The van der Waals surface area contributed by atoms with E-state index in [2.05, 4.69) is 45.5 Å². The normalized spacial score (nSPS) is 9.33. The number of rotatable bonds is 6. The van der Waals surface area contributed by atoms with E-state index < -0.39 is 5.97 Å². The fraction of sp³-hybridized carbons (Fsp3) is 0.308. The number of nitrogens with two attached hydrogens (primary N) is 1. The van der Waals surface area contributed by atoms with Gasteiger partial charge in [0, 0.05) is 29.9 Å². The second kappa shape index (κ2) is 17.6. The Kier molecular flexibility index (Phi) is 16.1. The van der Waals surface area contributed by atoms with Gasteiger partial charge in [0.1, 0.15) is 6.29 Å². The van der Waals surface area contributed by atoms with E-state index in [9.17, 15) is 9.59 Å². The summed E-state index contributed by atoms with van der Waals surface area (Å²) in [6.45, 7) is 8.27. The number of aryl methyl sites for hydroxylation is 1. The summed E-state index contributed by atoms with van der Waals surface area (Å²) < 4.78 is 0.837. The topological polar surface area (TPSA) is 106 Å². The summed E-state index contributed by atoms with van der Waals surface area (Å²) in [6.07, 6.45) is 4.94. The third-order valence-electron chi connectivity index (χ3n) is 4.20. The highest BCUT2D eigenvalue weighted by Crippen LogP contribution is 2.17.